The maximum Gasteiger partial charge on any atom is 0.346 e. The fourth-order valence-corrected chi connectivity index (χ4v) is 5.11. The van der Waals surface area contributed by atoms with E-state index < -0.39 is 34.5 Å². The Balaban J connectivity index is 2.29. The highest BCUT2D eigenvalue weighted by molar-refractivity contribution is 7.20. The number of carboxylic acid groups (broad SMARTS) is 1. The quantitative estimate of drug-likeness (QED) is 0.486. The Hall–Kier alpha value is -3.47. The Morgan fingerprint density at radius 2 is 1.91 bits per heavy atom. The van der Waals surface area contributed by atoms with E-state index in [0.29, 0.717) is 11.3 Å². The van der Waals surface area contributed by atoms with E-state index in [9.17, 15) is 28.7 Å². The topological polar surface area (TPSA) is 120 Å². The third kappa shape index (κ3) is 4.72. The van der Waals surface area contributed by atoms with Crippen molar-refractivity contribution in [3.05, 3.63) is 60.9 Å². The van der Waals surface area contributed by atoms with Crippen LogP contribution in [0, 0.1) is 12.7 Å². The van der Waals surface area contributed by atoms with Gasteiger partial charge in [0.15, 0.2) is 0 Å². The van der Waals surface area contributed by atoms with Gasteiger partial charge in [-0.15, -0.1) is 11.3 Å². The SMILES string of the molecule is COc1ccc(F)cc1CCn1c(=O)n(C(C)(C)C(=O)NC(C)C)c(=O)c2c(C)c(C(=O)O)sc21. The van der Waals surface area contributed by atoms with Crippen molar-refractivity contribution in [1.82, 2.24) is 14.5 Å². The Labute approximate surface area is 204 Å². The molecule has 0 aliphatic heterocycles. The van der Waals surface area contributed by atoms with Crippen molar-refractivity contribution >= 4 is 33.4 Å². The molecule has 0 aliphatic carbocycles. The molecule has 11 heteroatoms. The number of benzene rings is 1. The molecule has 2 heterocycles. The summed E-state index contributed by atoms with van der Waals surface area (Å²) in [5.74, 6) is -1.81. The summed E-state index contributed by atoms with van der Waals surface area (Å²) in [5.41, 5.74) is -2.36. The molecule has 0 unspecified atom stereocenters. The van der Waals surface area contributed by atoms with Gasteiger partial charge in [-0.25, -0.2) is 18.5 Å². The van der Waals surface area contributed by atoms with Crippen molar-refractivity contribution in [1.29, 1.82) is 0 Å². The van der Waals surface area contributed by atoms with Crippen LogP contribution in [0.4, 0.5) is 4.39 Å². The Morgan fingerprint density at radius 1 is 1.26 bits per heavy atom. The third-order valence-electron chi connectivity index (χ3n) is 5.79. The van der Waals surface area contributed by atoms with Gasteiger partial charge in [-0.3, -0.25) is 14.2 Å². The lowest BCUT2D eigenvalue weighted by Gasteiger charge is -2.27. The number of aromatic carboxylic acids is 1. The third-order valence-corrected chi connectivity index (χ3v) is 7.09. The van der Waals surface area contributed by atoms with Crippen LogP contribution >= 0.6 is 11.3 Å². The highest BCUT2D eigenvalue weighted by atomic mass is 32.1. The zero-order chi connectivity index (χ0) is 26.2. The van der Waals surface area contributed by atoms with Crippen LogP contribution in [-0.4, -0.2) is 39.3 Å². The van der Waals surface area contributed by atoms with Crippen molar-refractivity contribution in [3.8, 4) is 5.75 Å². The van der Waals surface area contributed by atoms with Gasteiger partial charge in [0.2, 0.25) is 5.91 Å². The molecule has 0 bridgehead atoms. The van der Waals surface area contributed by atoms with Crippen LogP contribution in [0.5, 0.6) is 5.75 Å². The first kappa shape index (κ1) is 26.1. The molecular formula is C24H28FN3O6S. The fraction of sp³-hybridized carbons (Fsp3) is 0.417. The predicted octanol–water partition coefficient (Wildman–Crippen LogP) is 2.88. The number of carbonyl (C=O) groups excluding carboxylic acids is 1. The van der Waals surface area contributed by atoms with Crippen molar-refractivity contribution in [3.63, 3.8) is 0 Å². The molecule has 2 aromatic heterocycles. The number of thiophene rings is 1. The Morgan fingerprint density at radius 3 is 2.49 bits per heavy atom. The van der Waals surface area contributed by atoms with E-state index >= 15 is 0 Å². The van der Waals surface area contributed by atoms with Gasteiger partial charge in [-0.1, -0.05) is 0 Å². The van der Waals surface area contributed by atoms with Gasteiger partial charge in [0.1, 0.15) is 26.8 Å². The largest absolute Gasteiger partial charge is 0.496 e. The number of hydrogen-bond donors (Lipinski definition) is 2. The zero-order valence-corrected chi connectivity index (χ0v) is 21.2. The van der Waals surface area contributed by atoms with Gasteiger partial charge in [0, 0.05) is 12.6 Å². The molecule has 9 nitrogen and oxygen atoms in total. The zero-order valence-electron chi connectivity index (χ0n) is 20.4. The number of aryl methyl sites for hydroxylation is 3. The lowest BCUT2D eigenvalue weighted by Crippen LogP contribution is -2.56. The van der Waals surface area contributed by atoms with E-state index in [1.54, 1.807) is 13.8 Å². The number of nitrogens with zero attached hydrogens (tertiary/aromatic N) is 2. The average molecular weight is 506 g/mol. The molecule has 3 aromatic rings. The number of carboxylic acids is 1. The minimum absolute atomic E-state index is 0.00365. The molecule has 2 N–H and O–H groups in total. The summed E-state index contributed by atoms with van der Waals surface area (Å²) in [5, 5.41) is 12.4. The van der Waals surface area contributed by atoms with Crippen LogP contribution in [-0.2, 0) is 23.3 Å². The molecule has 1 aromatic carbocycles. The van der Waals surface area contributed by atoms with Crippen molar-refractivity contribution in [2.24, 2.45) is 0 Å². The normalized spacial score (nSPS) is 11.8. The fourth-order valence-electron chi connectivity index (χ4n) is 3.96. The minimum atomic E-state index is -1.57. The second-order valence-corrected chi connectivity index (χ2v) is 10.0. The van der Waals surface area contributed by atoms with E-state index in [1.165, 1.54) is 50.6 Å². The summed E-state index contributed by atoms with van der Waals surface area (Å²) in [6.07, 6.45) is 0.159. The number of halogens is 1. The van der Waals surface area contributed by atoms with Crippen LogP contribution in [0.25, 0.3) is 10.2 Å². The average Bonchev–Trinajstić information content (AvgIpc) is 3.10. The predicted molar refractivity (Wildman–Crippen MR) is 131 cm³/mol. The molecule has 0 aliphatic rings. The maximum atomic E-state index is 13.9. The van der Waals surface area contributed by atoms with Crippen LogP contribution < -0.4 is 21.3 Å². The number of hydrogen-bond acceptors (Lipinski definition) is 6. The first-order valence-electron chi connectivity index (χ1n) is 11.0. The molecule has 0 fully saturated rings. The van der Waals surface area contributed by atoms with Crippen molar-refractivity contribution in [2.75, 3.05) is 7.11 Å². The molecule has 0 saturated carbocycles. The van der Waals surface area contributed by atoms with Crippen LogP contribution in [0.1, 0.15) is 48.5 Å². The highest BCUT2D eigenvalue weighted by Gasteiger charge is 2.36. The number of aromatic nitrogens is 2. The summed E-state index contributed by atoms with van der Waals surface area (Å²) in [6.45, 7) is 7.92. The summed E-state index contributed by atoms with van der Waals surface area (Å²) in [7, 11) is 1.44. The molecule has 1 amide bonds. The van der Waals surface area contributed by atoms with Gasteiger partial charge < -0.3 is 15.2 Å². The first-order valence-corrected chi connectivity index (χ1v) is 11.8. The van der Waals surface area contributed by atoms with E-state index in [-0.39, 0.29) is 39.7 Å². The second-order valence-electron chi connectivity index (χ2n) is 9.01. The molecule has 35 heavy (non-hydrogen) atoms. The molecule has 188 valence electrons. The van der Waals surface area contributed by atoms with Crippen LogP contribution in [0.2, 0.25) is 0 Å². The van der Waals surface area contributed by atoms with Gasteiger partial charge in [-0.05, 0) is 70.4 Å². The monoisotopic (exact) mass is 505 g/mol. The van der Waals surface area contributed by atoms with Gasteiger partial charge >= 0.3 is 11.7 Å². The van der Waals surface area contributed by atoms with Gasteiger partial charge in [0.25, 0.3) is 5.56 Å². The van der Waals surface area contributed by atoms with E-state index in [4.69, 9.17) is 4.74 Å². The van der Waals surface area contributed by atoms with Gasteiger partial charge in [0.05, 0.1) is 12.5 Å². The van der Waals surface area contributed by atoms with Crippen LogP contribution in [0.3, 0.4) is 0 Å². The van der Waals surface area contributed by atoms with Crippen molar-refractivity contribution < 1.29 is 23.8 Å². The van der Waals surface area contributed by atoms with Crippen molar-refractivity contribution in [2.45, 2.75) is 59.2 Å². The molecular weight excluding hydrogens is 477 g/mol. The summed E-state index contributed by atoms with van der Waals surface area (Å²) in [6, 6.07) is 3.79. The number of fused-ring (bicyclic) bond motifs is 1. The number of ether oxygens (including phenoxy) is 1. The first-order chi connectivity index (χ1) is 16.3. The standard InChI is InChI=1S/C24H28FN3O6S/c1-12(2)26-22(32)24(4,5)28-19(29)17-13(3)18(21(30)31)35-20(17)27(23(28)33)10-9-14-11-15(25)7-8-16(14)34-6/h7-8,11-12H,9-10H2,1-6H3,(H,26,32)(H,30,31). The lowest BCUT2D eigenvalue weighted by atomic mass is 10.0. The second kappa shape index (κ2) is 9.65. The smallest absolute Gasteiger partial charge is 0.346 e. The lowest BCUT2D eigenvalue weighted by molar-refractivity contribution is -0.129. The summed E-state index contributed by atoms with van der Waals surface area (Å²) in [4.78, 5) is 52.1. The molecule has 0 spiro atoms. The van der Waals surface area contributed by atoms with E-state index in [2.05, 4.69) is 5.32 Å². The number of rotatable bonds is 8. The van der Waals surface area contributed by atoms with Gasteiger partial charge in [-0.2, -0.15) is 0 Å². The number of amides is 1. The highest BCUT2D eigenvalue weighted by Crippen LogP contribution is 2.29. The number of nitrogens with one attached hydrogen (secondary N) is 1. The number of methoxy groups -OCH3 is 1. The Bertz CT molecular complexity index is 1430. The molecule has 0 saturated heterocycles. The summed E-state index contributed by atoms with van der Waals surface area (Å²) >= 11 is 0.818. The molecule has 0 radical (unpaired) electrons. The van der Waals surface area contributed by atoms with Crippen LogP contribution in [0.15, 0.2) is 27.8 Å². The molecule has 3 rings (SSSR count). The molecule has 0 atom stereocenters. The summed E-state index contributed by atoms with van der Waals surface area (Å²) < 4.78 is 21.3. The maximum absolute atomic E-state index is 13.9. The minimum Gasteiger partial charge on any atom is -0.496 e. The van der Waals surface area contributed by atoms with E-state index in [0.717, 1.165) is 15.9 Å². The van der Waals surface area contributed by atoms with E-state index in [1.807, 2.05) is 0 Å². The Kier molecular flexibility index (Phi) is 7.21. The number of carbonyl (C=O) groups is 2.